The molecule has 54 valence electrons. The summed E-state index contributed by atoms with van der Waals surface area (Å²) < 4.78 is 4.50. The van der Waals surface area contributed by atoms with Crippen LogP contribution in [-0.4, -0.2) is 10.9 Å². The first kappa shape index (κ1) is 7.28. The standard InChI is InChI=1S/C6H6ClNO2/c1-4(9)6(7)5-2-3-10-8-5/h2-3,6H,1H3. The van der Waals surface area contributed by atoms with Crippen molar-refractivity contribution in [2.45, 2.75) is 12.3 Å². The monoisotopic (exact) mass is 159 g/mol. The molecule has 1 rings (SSSR count). The van der Waals surface area contributed by atoms with Gasteiger partial charge in [0.05, 0.1) is 0 Å². The number of halogens is 1. The molecule has 0 amide bonds. The summed E-state index contributed by atoms with van der Waals surface area (Å²) >= 11 is 5.61. The van der Waals surface area contributed by atoms with Crippen LogP contribution in [-0.2, 0) is 4.79 Å². The van der Waals surface area contributed by atoms with E-state index in [9.17, 15) is 4.79 Å². The van der Waals surface area contributed by atoms with Crippen molar-refractivity contribution < 1.29 is 9.32 Å². The SMILES string of the molecule is CC(=O)C(Cl)c1ccon1. The van der Waals surface area contributed by atoms with Crippen molar-refractivity contribution in [3.8, 4) is 0 Å². The normalized spacial score (nSPS) is 13.0. The third kappa shape index (κ3) is 1.36. The number of ketones is 1. The molecule has 10 heavy (non-hydrogen) atoms. The van der Waals surface area contributed by atoms with E-state index >= 15 is 0 Å². The van der Waals surface area contributed by atoms with Crippen LogP contribution in [0.3, 0.4) is 0 Å². The van der Waals surface area contributed by atoms with Crippen molar-refractivity contribution in [1.29, 1.82) is 0 Å². The van der Waals surface area contributed by atoms with Gasteiger partial charge >= 0.3 is 0 Å². The first-order chi connectivity index (χ1) is 4.72. The summed E-state index contributed by atoms with van der Waals surface area (Å²) in [4.78, 5) is 10.6. The molecule has 0 radical (unpaired) electrons. The van der Waals surface area contributed by atoms with Gasteiger partial charge in [0.1, 0.15) is 17.3 Å². The van der Waals surface area contributed by atoms with Gasteiger partial charge in [0.15, 0.2) is 5.78 Å². The van der Waals surface area contributed by atoms with Gasteiger partial charge in [-0.05, 0) is 6.92 Å². The fraction of sp³-hybridized carbons (Fsp3) is 0.333. The maximum atomic E-state index is 10.6. The lowest BCUT2D eigenvalue weighted by Gasteiger charge is -1.96. The van der Waals surface area contributed by atoms with E-state index in [1.807, 2.05) is 0 Å². The van der Waals surface area contributed by atoms with Gasteiger partial charge in [0.25, 0.3) is 0 Å². The highest BCUT2D eigenvalue weighted by atomic mass is 35.5. The van der Waals surface area contributed by atoms with E-state index in [1.165, 1.54) is 13.2 Å². The topological polar surface area (TPSA) is 43.1 Å². The molecule has 0 saturated heterocycles. The van der Waals surface area contributed by atoms with Crippen molar-refractivity contribution in [3.63, 3.8) is 0 Å². The molecular formula is C6H6ClNO2. The minimum Gasteiger partial charge on any atom is -0.364 e. The lowest BCUT2D eigenvalue weighted by atomic mass is 10.2. The number of nitrogens with zero attached hydrogens (tertiary/aromatic N) is 1. The zero-order chi connectivity index (χ0) is 7.56. The Kier molecular flexibility index (Phi) is 2.06. The van der Waals surface area contributed by atoms with Crippen LogP contribution < -0.4 is 0 Å². The average Bonchev–Trinajstić information content (AvgIpc) is 2.36. The zero-order valence-electron chi connectivity index (χ0n) is 5.37. The van der Waals surface area contributed by atoms with Crippen LogP contribution in [0.1, 0.15) is 18.0 Å². The summed E-state index contributed by atoms with van der Waals surface area (Å²) in [6.45, 7) is 1.41. The first-order valence-corrected chi connectivity index (χ1v) is 3.20. The van der Waals surface area contributed by atoms with E-state index < -0.39 is 5.38 Å². The second kappa shape index (κ2) is 2.84. The van der Waals surface area contributed by atoms with Gasteiger partial charge in [0.2, 0.25) is 0 Å². The van der Waals surface area contributed by atoms with Gasteiger partial charge in [-0.2, -0.15) is 0 Å². The summed E-state index contributed by atoms with van der Waals surface area (Å²) in [6.07, 6.45) is 1.38. The van der Waals surface area contributed by atoms with Crippen LogP contribution in [0.15, 0.2) is 16.9 Å². The largest absolute Gasteiger partial charge is 0.364 e. The van der Waals surface area contributed by atoms with Gasteiger partial charge in [-0.3, -0.25) is 4.79 Å². The number of aromatic nitrogens is 1. The molecule has 1 aromatic heterocycles. The number of Topliss-reactive ketones (excluding diaryl/α,β-unsaturated/α-hetero) is 1. The van der Waals surface area contributed by atoms with Crippen LogP contribution in [0.5, 0.6) is 0 Å². The van der Waals surface area contributed by atoms with Gasteiger partial charge < -0.3 is 4.52 Å². The Morgan fingerprint density at radius 1 is 1.90 bits per heavy atom. The smallest absolute Gasteiger partial charge is 0.153 e. The van der Waals surface area contributed by atoms with E-state index in [0.717, 1.165) is 0 Å². The van der Waals surface area contributed by atoms with Crippen LogP contribution in [0.2, 0.25) is 0 Å². The third-order valence-corrected chi connectivity index (χ3v) is 1.61. The molecule has 0 spiro atoms. The Labute approximate surface area is 63.0 Å². The highest BCUT2D eigenvalue weighted by Gasteiger charge is 2.15. The first-order valence-electron chi connectivity index (χ1n) is 2.76. The van der Waals surface area contributed by atoms with Crippen molar-refractivity contribution in [2.24, 2.45) is 0 Å². The maximum Gasteiger partial charge on any atom is 0.153 e. The Hall–Kier alpha value is -0.830. The molecule has 0 fully saturated rings. The minimum absolute atomic E-state index is 0.129. The molecule has 0 bridgehead atoms. The van der Waals surface area contributed by atoms with Crippen LogP contribution >= 0.6 is 11.6 Å². The molecule has 1 unspecified atom stereocenters. The molecule has 0 aliphatic rings. The Morgan fingerprint density at radius 2 is 2.60 bits per heavy atom. The number of carbonyl (C=O) groups excluding carboxylic acids is 1. The number of hydrogen-bond acceptors (Lipinski definition) is 3. The van der Waals surface area contributed by atoms with E-state index in [1.54, 1.807) is 6.07 Å². The second-order valence-electron chi connectivity index (χ2n) is 1.90. The Morgan fingerprint density at radius 3 is 3.00 bits per heavy atom. The molecule has 0 N–H and O–H groups in total. The molecule has 0 saturated carbocycles. The summed E-state index contributed by atoms with van der Waals surface area (Å²) in [5, 5.41) is 2.84. The lowest BCUT2D eigenvalue weighted by molar-refractivity contribution is -0.116. The molecule has 3 nitrogen and oxygen atoms in total. The fourth-order valence-electron chi connectivity index (χ4n) is 0.561. The summed E-state index contributed by atoms with van der Waals surface area (Å²) in [5.74, 6) is -0.129. The molecule has 1 heterocycles. The quantitative estimate of drug-likeness (QED) is 0.615. The summed E-state index contributed by atoms with van der Waals surface area (Å²) in [7, 11) is 0. The molecule has 0 aromatic carbocycles. The molecular weight excluding hydrogens is 154 g/mol. The third-order valence-electron chi connectivity index (χ3n) is 1.07. The Bertz CT molecular complexity index is 220. The predicted molar refractivity (Wildman–Crippen MR) is 35.8 cm³/mol. The molecule has 0 aliphatic carbocycles. The maximum absolute atomic E-state index is 10.6. The van der Waals surface area contributed by atoms with Gasteiger partial charge in [0, 0.05) is 6.07 Å². The van der Waals surface area contributed by atoms with Crippen molar-refractivity contribution in [2.75, 3.05) is 0 Å². The van der Waals surface area contributed by atoms with Crippen molar-refractivity contribution >= 4 is 17.4 Å². The number of carbonyl (C=O) groups is 1. The number of alkyl halides is 1. The van der Waals surface area contributed by atoms with Gasteiger partial charge in [-0.15, -0.1) is 11.6 Å². The highest BCUT2D eigenvalue weighted by molar-refractivity contribution is 6.30. The minimum atomic E-state index is -0.668. The van der Waals surface area contributed by atoms with E-state index in [0.29, 0.717) is 5.69 Å². The van der Waals surface area contributed by atoms with Crippen molar-refractivity contribution in [1.82, 2.24) is 5.16 Å². The summed E-state index contributed by atoms with van der Waals surface area (Å²) in [5.41, 5.74) is 0.467. The highest BCUT2D eigenvalue weighted by Crippen LogP contribution is 2.18. The van der Waals surface area contributed by atoms with E-state index in [4.69, 9.17) is 11.6 Å². The van der Waals surface area contributed by atoms with Gasteiger partial charge in [-0.25, -0.2) is 0 Å². The molecule has 1 atom stereocenters. The number of hydrogen-bond donors (Lipinski definition) is 0. The number of rotatable bonds is 2. The van der Waals surface area contributed by atoms with Crippen LogP contribution in [0, 0.1) is 0 Å². The summed E-state index contributed by atoms with van der Waals surface area (Å²) in [6, 6.07) is 1.57. The average molecular weight is 160 g/mol. The molecule has 4 heteroatoms. The van der Waals surface area contributed by atoms with Gasteiger partial charge in [-0.1, -0.05) is 5.16 Å². The van der Waals surface area contributed by atoms with Crippen LogP contribution in [0.4, 0.5) is 0 Å². The zero-order valence-corrected chi connectivity index (χ0v) is 6.13. The molecule has 0 aliphatic heterocycles. The lowest BCUT2D eigenvalue weighted by Crippen LogP contribution is -2.00. The van der Waals surface area contributed by atoms with E-state index in [2.05, 4.69) is 9.68 Å². The van der Waals surface area contributed by atoms with E-state index in [-0.39, 0.29) is 5.78 Å². The fourth-order valence-corrected chi connectivity index (χ4v) is 0.673. The van der Waals surface area contributed by atoms with Crippen LogP contribution in [0.25, 0.3) is 0 Å². The predicted octanol–water partition coefficient (Wildman–Crippen LogP) is 1.54. The second-order valence-corrected chi connectivity index (χ2v) is 2.33. The molecule has 1 aromatic rings. The van der Waals surface area contributed by atoms with Crippen molar-refractivity contribution in [3.05, 3.63) is 18.0 Å². The Balaban J connectivity index is 2.77.